The third-order valence-corrected chi connectivity index (χ3v) is 10.4. The maximum absolute atomic E-state index is 12.8. The van der Waals surface area contributed by atoms with E-state index >= 15 is 0 Å². The van der Waals surface area contributed by atoms with E-state index in [1.165, 1.54) is 17.8 Å². The van der Waals surface area contributed by atoms with Crippen LogP contribution in [0.1, 0.15) is 37.3 Å². The molecule has 282 valence electrons. The molecule has 5 aromatic rings. The zero-order valence-electron chi connectivity index (χ0n) is 30.1. The third kappa shape index (κ3) is 7.26. The first-order valence-electron chi connectivity index (χ1n) is 17.7. The average Bonchev–Trinajstić information content (AvgIpc) is 3.50. The number of piperidine rings is 2. The number of halogens is 1. The lowest BCUT2D eigenvalue weighted by atomic mass is 9.92. The lowest BCUT2D eigenvalue weighted by Crippen LogP contribution is -2.46. The highest BCUT2D eigenvalue weighted by Gasteiger charge is 2.32. The number of aryl methyl sites for hydroxylation is 2. The summed E-state index contributed by atoms with van der Waals surface area (Å²) in [6.07, 6.45) is 3.84. The van der Waals surface area contributed by atoms with Crippen LogP contribution in [0.5, 0.6) is 5.75 Å². The van der Waals surface area contributed by atoms with Gasteiger partial charge in [0.15, 0.2) is 18.2 Å². The Kier molecular flexibility index (Phi) is 10.4. The topological polar surface area (TPSA) is 189 Å². The molecule has 7 rings (SSSR count). The molecule has 54 heavy (non-hydrogen) atoms. The quantitative estimate of drug-likeness (QED) is 0.145. The van der Waals surface area contributed by atoms with Crippen LogP contribution in [-0.2, 0) is 28.5 Å². The van der Waals surface area contributed by atoms with Crippen LogP contribution < -0.4 is 36.0 Å². The lowest BCUT2D eigenvalue weighted by Gasteiger charge is -2.39. The van der Waals surface area contributed by atoms with Gasteiger partial charge in [-0.25, -0.2) is 4.98 Å². The molecule has 2 aromatic carbocycles. The highest BCUT2D eigenvalue weighted by molar-refractivity contribution is 6.33. The van der Waals surface area contributed by atoms with Crippen LogP contribution in [0.25, 0.3) is 21.8 Å². The normalized spacial score (nSPS) is 16.5. The number of hydrogen-bond acceptors (Lipinski definition) is 12. The first-order valence-corrected chi connectivity index (χ1v) is 18.1. The second-order valence-corrected chi connectivity index (χ2v) is 13.9. The summed E-state index contributed by atoms with van der Waals surface area (Å²) in [4.78, 5) is 62.5. The molecule has 3 aromatic heterocycles. The third-order valence-electron chi connectivity index (χ3n) is 10.1. The second kappa shape index (κ2) is 15.3. The van der Waals surface area contributed by atoms with E-state index < -0.39 is 5.92 Å². The molecule has 2 saturated heterocycles. The van der Waals surface area contributed by atoms with Gasteiger partial charge < -0.3 is 34.8 Å². The van der Waals surface area contributed by atoms with Crippen molar-refractivity contribution in [1.29, 1.82) is 0 Å². The fourth-order valence-electron chi connectivity index (χ4n) is 7.24. The van der Waals surface area contributed by atoms with E-state index in [2.05, 4.69) is 43.1 Å². The minimum absolute atomic E-state index is 0.0511. The number of ether oxygens (including phenoxy) is 1. The Morgan fingerprint density at radius 3 is 2.61 bits per heavy atom. The number of nitrogens with zero attached hydrogens (tertiary/aromatic N) is 7. The van der Waals surface area contributed by atoms with Crippen LogP contribution in [-0.4, -0.2) is 93.1 Å². The van der Waals surface area contributed by atoms with Crippen molar-refractivity contribution < 1.29 is 24.2 Å². The summed E-state index contributed by atoms with van der Waals surface area (Å²) in [5.41, 5.74) is 3.61. The maximum atomic E-state index is 12.8. The predicted octanol–water partition coefficient (Wildman–Crippen LogP) is 2.72. The molecule has 0 radical (unpaired) electrons. The Bertz CT molecular complexity index is 2320. The van der Waals surface area contributed by atoms with Gasteiger partial charge in [-0.05, 0) is 61.7 Å². The van der Waals surface area contributed by atoms with Crippen molar-refractivity contribution in [3.63, 3.8) is 0 Å². The van der Waals surface area contributed by atoms with E-state index in [1.54, 1.807) is 23.9 Å². The van der Waals surface area contributed by atoms with Crippen LogP contribution in [0.15, 0.2) is 53.5 Å². The fourth-order valence-corrected chi connectivity index (χ4v) is 7.38. The number of anilines is 4. The number of hydrogen-bond donors (Lipinski definition) is 4. The highest BCUT2D eigenvalue weighted by Crippen LogP contribution is 2.34. The Balaban J connectivity index is 1.06. The number of aliphatic hydroxyl groups is 1. The number of aromatic nitrogens is 5. The minimum atomic E-state index is -0.462. The first kappa shape index (κ1) is 36.6. The van der Waals surface area contributed by atoms with Gasteiger partial charge >= 0.3 is 0 Å². The van der Waals surface area contributed by atoms with Crippen LogP contribution in [0.3, 0.4) is 0 Å². The molecule has 0 saturated carbocycles. The number of carbonyl (C=O) groups is 3. The largest absolute Gasteiger partial charge is 0.478 e. The Morgan fingerprint density at radius 2 is 1.87 bits per heavy atom. The number of fused-ring (bicyclic) bond motifs is 2. The monoisotopic (exact) mass is 756 g/mol. The number of amides is 3. The number of nitrogens with one attached hydrogen (secondary N) is 3. The van der Waals surface area contributed by atoms with Gasteiger partial charge in [0.1, 0.15) is 5.02 Å². The smallest absolute Gasteiger partial charge is 0.293 e. The summed E-state index contributed by atoms with van der Waals surface area (Å²) in [6.45, 7) is 1.47. The van der Waals surface area contributed by atoms with E-state index in [-0.39, 0.29) is 48.3 Å². The predicted molar refractivity (Wildman–Crippen MR) is 205 cm³/mol. The van der Waals surface area contributed by atoms with Crippen molar-refractivity contribution in [2.75, 3.05) is 55.0 Å². The zero-order chi connectivity index (χ0) is 38.1. The number of pyridine rings is 1. The van der Waals surface area contributed by atoms with Crippen LogP contribution in [0.2, 0.25) is 5.02 Å². The molecular weight excluding hydrogens is 716 g/mol. The average molecular weight is 757 g/mol. The van der Waals surface area contributed by atoms with Crippen molar-refractivity contribution >= 4 is 74.3 Å². The number of rotatable bonds is 11. The summed E-state index contributed by atoms with van der Waals surface area (Å²) in [6, 6.07) is 13.2. The highest BCUT2D eigenvalue weighted by atomic mass is 35.5. The molecule has 3 amide bonds. The molecule has 2 aliphatic heterocycles. The molecule has 16 nitrogen and oxygen atoms in total. The summed E-state index contributed by atoms with van der Waals surface area (Å²) in [5.74, 6) is -0.511. The van der Waals surface area contributed by atoms with Crippen LogP contribution >= 0.6 is 11.6 Å². The molecule has 4 N–H and O–H groups in total. The molecular formula is C37H41ClN10O6. The Hall–Kier alpha value is -5.74. The second-order valence-electron chi connectivity index (χ2n) is 13.4. The van der Waals surface area contributed by atoms with Crippen molar-refractivity contribution in [1.82, 2.24) is 34.9 Å². The van der Waals surface area contributed by atoms with Gasteiger partial charge in [-0.2, -0.15) is 10.1 Å². The number of carbonyl (C=O) groups excluding carboxylic acids is 3. The van der Waals surface area contributed by atoms with Crippen molar-refractivity contribution in [3.8, 4) is 5.75 Å². The molecule has 1 atom stereocenters. The summed E-state index contributed by atoms with van der Waals surface area (Å²) >= 11 is 6.58. The standard InChI is InChI=1S/C37H41ClN10O6/c1-39-32(51)20-54-30-17-21-16-22(4-8-28(21)45(2)36(30)53)41-34-27(38)19-40-37(43-34)48(14-15-49)23-10-12-47(13-11-23)24-5-6-25-29(18-24)46(3)44-33(25)26-7-9-31(50)42-35(26)52/h4-6,8,16-19,23,26,49H,7,9-15,20H2,1-3H3,(H,39,51)(H,40,41,43)(H,42,50,52). The van der Waals surface area contributed by atoms with Crippen molar-refractivity contribution in [2.45, 2.75) is 37.6 Å². The fraction of sp³-hybridized carbons (Fsp3) is 0.378. The van der Waals surface area contributed by atoms with E-state index in [1.807, 2.05) is 30.1 Å². The molecule has 5 heterocycles. The molecule has 2 aliphatic rings. The summed E-state index contributed by atoms with van der Waals surface area (Å²) in [5, 5.41) is 24.8. The van der Waals surface area contributed by atoms with E-state index in [4.69, 9.17) is 21.3 Å². The number of aliphatic hydroxyl groups excluding tert-OH is 1. The van der Waals surface area contributed by atoms with E-state index in [9.17, 15) is 24.3 Å². The van der Waals surface area contributed by atoms with Crippen molar-refractivity contribution in [3.05, 3.63) is 69.7 Å². The number of benzene rings is 2. The van der Waals surface area contributed by atoms with E-state index in [0.29, 0.717) is 58.5 Å². The Morgan fingerprint density at radius 1 is 1.07 bits per heavy atom. The molecule has 2 fully saturated rings. The van der Waals surface area contributed by atoms with Gasteiger partial charge in [-0.1, -0.05) is 11.6 Å². The molecule has 0 aliphatic carbocycles. The molecule has 0 spiro atoms. The SMILES string of the molecule is CNC(=O)COc1cc2cc(Nc3nc(N(CCO)C4CCN(c5ccc6c(C7CCC(=O)NC7=O)nn(C)c6c5)CC4)ncc3Cl)ccc2n(C)c1=O. The summed E-state index contributed by atoms with van der Waals surface area (Å²) in [7, 11) is 4.99. The number of imide groups is 1. The molecule has 17 heteroatoms. The number of likely N-dealkylation sites (N-methyl/N-ethyl adjacent to an activating group) is 1. The Labute approximate surface area is 315 Å². The van der Waals surface area contributed by atoms with Gasteiger partial charge in [-0.15, -0.1) is 0 Å². The molecule has 0 bridgehead atoms. The van der Waals surface area contributed by atoms with Gasteiger partial charge in [0.05, 0.1) is 35.4 Å². The lowest BCUT2D eigenvalue weighted by molar-refractivity contribution is -0.134. The molecule has 1 unspecified atom stereocenters. The van der Waals surface area contributed by atoms with Crippen LogP contribution in [0, 0.1) is 0 Å². The first-order chi connectivity index (χ1) is 26.0. The summed E-state index contributed by atoms with van der Waals surface area (Å²) < 4.78 is 8.75. The van der Waals surface area contributed by atoms with Gasteiger partial charge in [-0.3, -0.25) is 29.2 Å². The van der Waals surface area contributed by atoms with Gasteiger partial charge in [0.25, 0.3) is 11.5 Å². The van der Waals surface area contributed by atoms with Gasteiger partial charge in [0.2, 0.25) is 17.8 Å². The van der Waals surface area contributed by atoms with Crippen LogP contribution in [0.4, 0.5) is 23.1 Å². The minimum Gasteiger partial charge on any atom is -0.478 e. The zero-order valence-corrected chi connectivity index (χ0v) is 30.9. The maximum Gasteiger partial charge on any atom is 0.293 e. The van der Waals surface area contributed by atoms with Gasteiger partial charge in [0, 0.05) is 75.4 Å². The van der Waals surface area contributed by atoms with Crippen molar-refractivity contribution in [2.24, 2.45) is 14.1 Å². The van der Waals surface area contributed by atoms with E-state index in [0.717, 1.165) is 42.5 Å².